The van der Waals surface area contributed by atoms with Gasteiger partial charge in [-0.05, 0) is 52.0 Å². The van der Waals surface area contributed by atoms with Gasteiger partial charge in [0.25, 0.3) is 0 Å². The van der Waals surface area contributed by atoms with Crippen molar-refractivity contribution < 1.29 is 0 Å². The van der Waals surface area contributed by atoms with Gasteiger partial charge in [0.05, 0.1) is 11.0 Å². The molecule has 3 aromatic rings. The molecule has 0 saturated carbocycles. The molecule has 0 bridgehead atoms. The normalized spacial score (nSPS) is 12.0. The number of benzene rings is 2. The summed E-state index contributed by atoms with van der Waals surface area (Å²) < 4.78 is 2.27. The second-order valence-corrected chi connectivity index (χ2v) is 6.52. The van der Waals surface area contributed by atoms with Crippen molar-refractivity contribution in [2.75, 3.05) is 5.73 Å². The van der Waals surface area contributed by atoms with Crippen LogP contribution in [0.3, 0.4) is 0 Å². The molecule has 21 heavy (non-hydrogen) atoms. The fraction of sp³-hybridized carbons (Fsp3) is 0.278. The highest BCUT2D eigenvalue weighted by molar-refractivity contribution is 5.84. The first-order valence-electron chi connectivity index (χ1n) is 7.22. The van der Waals surface area contributed by atoms with Gasteiger partial charge < -0.3 is 10.3 Å². The van der Waals surface area contributed by atoms with Crippen LogP contribution in [0.25, 0.3) is 22.4 Å². The minimum Gasteiger partial charge on any atom is -0.398 e. The summed E-state index contributed by atoms with van der Waals surface area (Å²) in [5.74, 6) is 0.935. The van der Waals surface area contributed by atoms with Crippen molar-refractivity contribution in [1.29, 1.82) is 0 Å². The van der Waals surface area contributed by atoms with E-state index in [9.17, 15) is 0 Å². The third kappa shape index (κ3) is 2.29. The standard InChI is InChI=1S/C18H21N3/c1-12-9-10-14(19)13(11-12)17-20-15-7-5-6-8-16(15)21(17)18(2,3)4/h5-11H,19H2,1-4H3. The largest absolute Gasteiger partial charge is 0.398 e. The van der Waals surface area contributed by atoms with Crippen molar-refractivity contribution >= 4 is 16.7 Å². The summed E-state index contributed by atoms with van der Waals surface area (Å²) >= 11 is 0. The molecule has 0 aliphatic heterocycles. The molecule has 0 amide bonds. The number of nitrogens with zero attached hydrogens (tertiary/aromatic N) is 2. The number of fused-ring (bicyclic) bond motifs is 1. The van der Waals surface area contributed by atoms with Crippen LogP contribution in [0.2, 0.25) is 0 Å². The molecule has 3 rings (SSSR count). The minimum absolute atomic E-state index is 0.0678. The first-order chi connectivity index (χ1) is 9.88. The topological polar surface area (TPSA) is 43.8 Å². The van der Waals surface area contributed by atoms with Gasteiger partial charge in [0.15, 0.2) is 0 Å². The SMILES string of the molecule is Cc1ccc(N)c(-c2nc3ccccc3n2C(C)(C)C)c1. The number of hydrogen-bond acceptors (Lipinski definition) is 2. The Hall–Kier alpha value is -2.29. The van der Waals surface area contributed by atoms with Gasteiger partial charge in [0.2, 0.25) is 0 Å². The van der Waals surface area contributed by atoms with E-state index in [-0.39, 0.29) is 5.54 Å². The molecule has 0 radical (unpaired) electrons. The fourth-order valence-corrected chi connectivity index (χ4v) is 2.75. The molecule has 0 saturated heterocycles. The average molecular weight is 279 g/mol. The Balaban J connectivity index is 2.39. The van der Waals surface area contributed by atoms with Crippen LogP contribution in [0.1, 0.15) is 26.3 Å². The highest BCUT2D eigenvalue weighted by Gasteiger charge is 2.23. The number of nitrogen functional groups attached to an aromatic ring is 1. The Morgan fingerprint density at radius 3 is 2.48 bits per heavy atom. The Bertz CT molecular complexity index is 807. The molecule has 0 atom stereocenters. The Labute approximate surface area is 125 Å². The molecule has 1 heterocycles. The molecule has 0 spiro atoms. The second kappa shape index (κ2) is 4.62. The lowest BCUT2D eigenvalue weighted by molar-refractivity contribution is 0.413. The van der Waals surface area contributed by atoms with Gasteiger partial charge in [-0.15, -0.1) is 0 Å². The van der Waals surface area contributed by atoms with Gasteiger partial charge in [-0.25, -0.2) is 4.98 Å². The summed E-state index contributed by atoms with van der Waals surface area (Å²) in [6, 6.07) is 14.3. The molecule has 0 aliphatic carbocycles. The molecule has 1 aromatic heterocycles. The third-order valence-electron chi connectivity index (χ3n) is 3.68. The lowest BCUT2D eigenvalue weighted by Gasteiger charge is -2.25. The summed E-state index contributed by atoms with van der Waals surface area (Å²) in [6.45, 7) is 8.65. The van der Waals surface area contributed by atoms with E-state index in [1.54, 1.807) is 0 Å². The van der Waals surface area contributed by atoms with Crippen LogP contribution in [0.15, 0.2) is 42.5 Å². The second-order valence-electron chi connectivity index (χ2n) is 6.52. The van der Waals surface area contributed by atoms with Crippen molar-refractivity contribution in [2.24, 2.45) is 0 Å². The van der Waals surface area contributed by atoms with Crippen LogP contribution in [0, 0.1) is 6.92 Å². The number of hydrogen-bond donors (Lipinski definition) is 1. The molecule has 0 unspecified atom stereocenters. The van der Waals surface area contributed by atoms with Crippen LogP contribution >= 0.6 is 0 Å². The Kier molecular flexibility index (Phi) is 3.01. The highest BCUT2D eigenvalue weighted by Crippen LogP contribution is 2.34. The van der Waals surface area contributed by atoms with Gasteiger partial charge in [-0.3, -0.25) is 0 Å². The van der Waals surface area contributed by atoms with Crippen LogP contribution < -0.4 is 5.73 Å². The number of aromatic nitrogens is 2. The molecule has 0 aliphatic rings. The lowest BCUT2D eigenvalue weighted by atomic mass is 10.0. The van der Waals surface area contributed by atoms with Gasteiger partial charge in [-0.1, -0.05) is 23.8 Å². The number of anilines is 1. The van der Waals surface area contributed by atoms with Crippen LogP contribution in [-0.2, 0) is 5.54 Å². The molecule has 2 aromatic carbocycles. The minimum atomic E-state index is -0.0678. The zero-order valence-electron chi connectivity index (χ0n) is 13.0. The van der Waals surface area contributed by atoms with E-state index >= 15 is 0 Å². The van der Waals surface area contributed by atoms with E-state index in [1.165, 1.54) is 5.56 Å². The number of para-hydroxylation sites is 2. The predicted molar refractivity (Wildman–Crippen MR) is 89.3 cm³/mol. The number of nitrogens with two attached hydrogens (primary N) is 1. The van der Waals surface area contributed by atoms with Crippen molar-refractivity contribution in [2.45, 2.75) is 33.2 Å². The highest BCUT2D eigenvalue weighted by atomic mass is 15.1. The fourth-order valence-electron chi connectivity index (χ4n) is 2.75. The quantitative estimate of drug-likeness (QED) is 0.673. The maximum atomic E-state index is 6.20. The lowest BCUT2D eigenvalue weighted by Crippen LogP contribution is -2.22. The number of imidazole rings is 1. The van der Waals surface area contributed by atoms with Crippen molar-refractivity contribution in [3.05, 3.63) is 48.0 Å². The molecule has 3 heteroatoms. The van der Waals surface area contributed by atoms with Gasteiger partial charge in [0.1, 0.15) is 5.82 Å². The smallest absolute Gasteiger partial charge is 0.143 e. The number of rotatable bonds is 1. The Morgan fingerprint density at radius 2 is 1.76 bits per heavy atom. The van der Waals surface area contributed by atoms with Crippen molar-refractivity contribution in [3.8, 4) is 11.4 Å². The first-order valence-corrected chi connectivity index (χ1v) is 7.22. The first kappa shape index (κ1) is 13.7. The summed E-state index contributed by atoms with van der Waals surface area (Å²) in [5.41, 5.74) is 11.2. The maximum absolute atomic E-state index is 6.20. The van der Waals surface area contributed by atoms with E-state index < -0.39 is 0 Å². The molecule has 3 nitrogen and oxygen atoms in total. The van der Waals surface area contributed by atoms with Crippen molar-refractivity contribution in [1.82, 2.24) is 9.55 Å². The van der Waals surface area contributed by atoms with Crippen LogP contribution in [-0.4, -0.2) is 9.55 Å². The van der Waals surface area contributed by atoms with Crippen LogP contribution in [0.4, 0.5) is 5.69 Å². The summed E-state index contributed by atoms with van der Waals surface area (Å²) in [4.78, 5) is 4.83. The van der Waals surface area contributed by atoms with Gasteiger partial charge in [-0.2, -0.15) is 0 Å². The van der Waals surface area contributed by atoms with Crippen LogP contribution in [0.5, 0.6) is 0 Å². The number of aryl methyl sites for hydroxylation is 1. The zero-order chi connectivity index (χ0) is 15.2. The summed E-state index contributed by atoms with van der Waals surface area (Å²) in [7, 11) is 0. The molecule has 0 fully saturated rings. The van der Waals surface area contributed by atoms with E-state index in [2.05, 4.69) is 50.5 Å². The van der Waals surface area contributed by atoms with E-state index in [4.69, 9.17) is 10.7 Å². The van der Waals surface area contributed by atoms with Gasteiger partial charge >= 0.3 is 0 Å². The van der Waals surface area contributed by atoms with E-state index in [0.717, 1.165) is 28.1 Å². The Morgan fingerprint density at radius 1 is 1.05 bits per heavy atom. The molecule has 108 valence electrons. The average Bonchev–Trinajstić information content (AvgIpc) is 2.80. The molecular weight excluding hydrogens is 258 g/mol. The van der Waals surface area contributed by atoms with E-state index in [0.29, 0.717) is 0 Å². The predicted octanol–water partition coefficient (Wildman–Crippen LogP) is 4.35. The zero-order valence-corrected chi connectivity index (χ0v) is 13.0. The maximum Gasteiger partial charge on any atom is 0.143 e. The summed E-state index contributed by atoms with van der Waals surface area (Å²) in [5, 5.41) is 0. The molecule has 2 N–H and O–H groups in total. The molecular formula is C18H21N3. The van der Waals surface area contributed by atoms with Gasteiger partial charge in [0, 0.05) is 16.8 Å². The van der Waals surface area contributed by atoms with E-state index in [1.807, 2.05) is 24.3 Å². The monoisotopic (exact) mass is 279 g/mol. The summed E-state index contributed by atoms with van der Waals surface area (Å²) in [6.07, 6.45) is 0. The third-order valence-corrected chi connectivity index (χ3v) is 3.68. The van der Waals surface area contributed by atoms with Crippen molar-refractivity contribution in [3.63, 3.8) is 0 Å².